The molecule has 0 unspecified atom stereocenters. The van der Waals surface area contributed by atoms with Gasteiger partial charge >= 0.3 is 0 Å². The van der Waals surface area contributed by atoms with E-state index in [2.05, 4.69) is 4.90 Å². The summed E-state index contributed by atoms with van der Waals surface area (Å²) in [5.74, 6) is 0.731. The number of hydrogen-bond donors (Lipinski definition) is 0. The number of ether oxygens (including phenoxy) is 2. The summed E-state index contributed by atoms with van der Waals surface area (Å²) in [5, 5.41) is 0.464. The number of carbonyl (C=O) groups excluding carboxylic acids is 1. The highest BCUT2D eigenvalue weighted by molar-refractivity contribution is 6.34. The van der Waals surface area contributed by atoms with Crippen molar-refractivity contribution in [1.29, 1.82) is 0 Å². The zero-order valence-corrected chi connectivity index (χ0v) is 15.9. The highest BCUT2D eigenvalue weighted by Crippen LogP contribution is 2.33. The van der Waals surface area contributed by atoms with Crippen LogP contribution < -0.4 is 4.74 Å². The minimum atomic E-state index is -0.0290. The number of carbonyl (C=O) groups is 1. The Morgan fingerprint density at radius 3 is 2.50 bits per heavy atom. The Balaban J connectivity index is 1.31. The molecule has 2 aliphatic heterocycles. The van der Waals surface area contributed by atoms with Crippen LogP contribution in [0, 0.1) is 0 Å². The molecule has 0 bridgehead atoms. The molecule has 5 nitrogen and oxygen atoms in total. The molecule has 2 saturated heterocycles. The Labute approximate surface area is 160 Å². The predicted octanol–water partition coefficient (Wildman–Crippen LogP) is 3.21. The first-order valence-corrected chi connectivity index (χ1v) is 10.2. The molecule has 1 aromatic rings. The van der Waals surface area contributed by atoms with E-state index in [0.717, 1.165) is 18.6 Å². The van der Waals surface area contributed by atoms with Crippen molar-refractivity contribution in [3.63, 3.8) is 0 Å². The van der Waals surface area contributed by atoms with E-state index in [0.29, 0.717) is 42.9 Å². The fourth-order valence-electron chi connectivity index (χ4n) is 4.09. The maximum Gasteiger partial charge on any atom is 0.255 e. The monoisotopic (exact) mass is 378 g/mol. The van der Waals surface area contributed by atoms with Crippen LogP contribution in [0.25, 0.3) is 0 Å². The smallest absolute Gasteiger partial charge is 0.255 e. The number of morpholine rings is 1. The Morgan fingerprint density at radius 2 is 1.81 bits per heavy atom. The van der Waals surface area contributed by atoms with Gasteiger partial charge in [-0.1, -0.05) is 18.0 Å². The summed E-state index contributed by atoms with van der Waals surface area (Å²) in [5.41, 5.74) is 0.542. The lowest BCUT2D eigenvalue weighted by Crippen LogP contribution is -2.50. The van der Waals surface area contributed by atoms with Gasteiger partial charge in [0.15, 0.2) is 0 Å². The summed E-state index contributed by atoms with van der Waals surface area (Å²) < 4.78 is 11.4. The van der Waals surface area contributed by atoms with Crippen LogP contribution in [0.15, 0.2) is 18.2 Å². The topological polar surface area (TPSA) is 42.0 Å². The molecule has 0 N–H and O–H groups in total. The van der Waals surface area contributed by atoms with Crippen LogP contribution in [-0.4, -0.2) is 67.2 Å². The van der Waals surface area contributed by atoms with E-state index in [9.17, 15) is 4.79 Å². The molecule has 6 heteroatoms. The van der Waals surface area contributed by atoms with E-state index in [-0.39, 0.29) is 12.0 Å². The van der Waals surface area contributed by atoms with Gasteiger partial charge in [0.1, 0.15) is 11.9 Å². The zero-order valence-electron chi connectivity index (χ0n) is 15.2. The van der Waals surface area contributed by atoms with E-state index in [1.807, 2.05) is 6.07 Å². The van der Waals surface area contributed by atoms with Crippen molar-refractivity contribution in [2.24, 2.45) is 0 Å². The summed E-state index contributed by atoms with van der Waals surface area (Å²) in [4.78, 5) is 17.0. The van der Waals surface area contributed by atoms with Gasteiger partial charge in [-0.3, -0.25) is 4.79 Å². The maximum absolute atomic E-state index is 12.6. The second-order valence-corrected chi connectivity index (χ2v) is 7.92. The predicted molar refractivity (Wildman–Crippen MR) is 101 cm³/mol. The van der Waals surface area contributed by atoms with Gasteiger partial charge in [0.25, 0.3) is 5.91 Å². The quantitative estimate of drug-likeness (QED) is 0.806. The minimum Gasteiger partial charge on any atom is -0.490 e. The fraction of sp³-hybridized carbons (Fsp3) is 0.650. The van der Waals surface area contributed by atoms with E-state index in [4.69, 9.17) is 21.1 Å². The first-order valence-electron chi connectivity index (χ1n) is 9.78. The third kappa shape index (κ3) is 4.00. The maximum atomic E-state index is 12.6. The van der Waals surface area contributed by atoms with Crippen molar-refractivity contribution in [2.45, 2.75) is 44.2 Å². The molecule has 1 aromatic carbocycles. The van der Waals surface area contributed by atoms with Crippen LogP contribution >= 0.6 is 11.6 Å². The SMILES string of the molecule is O=C(c1ccc(OC2CC(N3CCCCC3)C2)cc1Cl)N1CCOCC1. The van der Waals surface area contributed by atoms with Crippen molar-refractivity contribution in [3.05, 3.63) is 28.8 Å². The van der Waals surface area contributed by atoms with Crippen LogP contribution in [0.3, 0.4) is 0 Å². The van der Waals surface area contributed by atoms with Gasteiger partial charge in [-0.25, -0.2) is 0 Å². The van der Waals surface area contributed by atoms with Crippen molar-refractivity contribution < 1.29 is 14.3 Å². The first-order chi connectivity index (χ1) is 12.7. The minimum absolute atomic E-state index is 0.0290. The van der Waals surface area contributed by atoms with E-state index >= 15 is 0 Å². The first kappa shape index (κ1) is 18.1. The van der Waals surface area contributed by atoms with Crippen molar-refractivity contribution in [3.8, 4) is 5.75 Å². The molecule has 3 fully saturated rings. The van der Waals surface area contributed by atoms with Crippen LogP contribution in [0.5, 0.6) is 5.75 Å². The Kier molecular flexibility index (Phi) is 5.67. The number of hydrogen-bond acceptors (Lipinski definition) is 4. The van der Waals surface area contributed by atoms with Crippen molar-refractivity contribution in [2.75, 3.05) is 39.4 Å². The normalized spacial score (nSPS) is 27.0. The Morgan fingerprint density at radius 1 is 1.08 bits per heavy atom. The molecule has 142 valence electrons. The molecule has 0 atom stereocenters. The molecule has 26 heavy (non-hydrogen) atoms. The molecular weight excluding hydrogens is 352 g/mol. The molecule has 0 radical (unpaired) electrons. The number of piperidine rings is 1. The van der Waals surface area contributed by atoms with Crippen LogP contribution in [0.4, 0.5) is 0 Å². The van der Waals surface area contributed by atoms with Gasteiger partial charge in [0, 0.05) is 32.0 Å². The highest BCUT2D eigenvalue weighted by Gasteiger charge is 2.35. The molecule has 3 aliphatic rings. The summed E-state index contributed by atoms with van der Waals surface area (Å²) in [6, 6.07) is 6.12. The lowest BCUT2D eigenvalue weighted by molar-refractivity contribution is 0.00891. The van der Waals surface area contributed by atoms with Crippen molar-refractivity contribution >= 4 is 17.5 Å². The summed E-state index contributed by atoms with van der Waals surface area (Å²) in [7, 11) is 0. The molecule has 0 aromatic heterocycles. The third-order valence-electron chi connectivity index (χ3n) is 5.75. The van der Waals surface area contributed by atoms with Gasteiger partial charge in [-0.2, -0.15) is 0 Å². The zero-order chi connectivity index (χ0) is 17.9. The van der Waals surface area contributed by atoms with Gasteiger partial charge in [0.05, 0.1) is 23.8 Å². The lowest BCUT2D eigenvalue weighted by Gasteiger charge is -2.44. The lowest BCUT2D eigenvalue weighted by atomic mass is 9.86. The number of nitrogens with zero attached hydrogens (tertiary/aromatic N) is 2. The van der Waals surface area contributed by atoms with Crippen LogP contribution in [0.2, 0.25) is 5.02 Å². The van der Waals surface area contributed by atoms with Gasteiger partial charge in [-0.15, -0.1) is 0 Å². The Bertz CT molecular complexity index is 636. The molecule has 1 aliphatic carbocycles. The molecule has 0 spiro atoms. The van der Waals surface area contributed by atoms with Gasteiger partial charge in [-0.05, 0) is 44.1 Å². The number of amides is 1. The number of halogens is 1. The number of benzene rings is 1. The van der Waals surface area contributed by atoms with E-state index in [1.54, 1.807) is 17.0 Å². The van der Waals surface area contributed by atoms with Gasteiger partial charge < -0.3 is 19.3 Å². The summed E-state index contributed by atoms with van der Waals surface area (Å²) in [6.07, 6.45) is 6.47. The van der Waals surface area contributed by atoms with E-state index < -0.39 is 0 Å². The second kappa shape index (κ2) is 8.15. The van der Waals surface area contributed by atoms with Gasteiger partial charge in [0.2, 0.25) is 0 Å². The summed E-state index contributed by atoms with van der Waals surface area (Å²) >= 11 is 6.37. The number of rotatable bonds is 4. The highest BCUT2D eigenvalue weighted by atomic mass is 35.5. The van der Waals surface area contributed by atoms with Crippen LogP contribution in [-0.2, 0) is 4.74 Å². The third-order valence-corrected chi connectivity index (χ3v) is 6.06. The fourth-order valence-corrected chi connectivity index (χ4v) is 4.34. The Hall–Kier alpha value is -1.30. The van der Waals surface area contributed by atoms with E-state index in [1.165, 1.54) is 32.4 Å². The summed E-state index contributed by atoms with van der Waals surface area (Å²) in [6.45, 7) is 4.89. The van der Waals surface area contributed by atoms with Crippen LogP contribution in [0.1, 0.15) is 42.5 Å². The molecule has 1 amide bonds. The average molecular weight is 379 g/mol. The molecule has 1 saturated carbocycles. The molecular formula is C20H27ClN2O3. The largest absolute Gasteiger partial charge is 0.490 e. The second-order valence-electron chi connectivity index (χ2n) is 7.51. The average Bonchev–Trinajstić information content (AvgIpc) is 2.65. The molecule has 4 rings (SSSR count). The van der Waals surface area contributed by atoms with Crippen molar-refractivity contribution in [1.82, 2.24) is 9.80 Å². The number of likely N-dealkylation sites (tertiary alicyclic amines) is 1. The standard InChI is InChI=1S/C20H27ClN2O3/c21-19-14-16(4-5-18(19)20(24)23-8-10-25-11-9-23)26-17-12-15(13-17)22-6-2-1-3-7-22/h4-5,14-15,17H,1-3,6-13H2. The molecule has 2 heterocycles.